The highest BCUT2D eigenvalue weighted by atomic mass is 16.6. The van der Waals surface area contributed by atoms with Gasteiger partial charge in [0.05, 0.1) is 40.3 Å². The van der Waals surface area contributed by atoms with Crippen LogP contribution in [0.5, 0.6) is 0 Å². The van der Waals surface area contributed by atoms with E-state index in [2.05, 4.69) is 38.2 Å². The van der Waals surface area contributed by atoms with Gasteiger partial charge >= 0.3 is 11.9 Å². The van der Waals surface area contributed by atoms with Crippen LogP contribution in [0.2, 0.25) is 0 Å². The Labute approximate surface area is 339 Å². The Morgan fingerprint density at radius 3 is 1.49 bits per heavy atom. The highest BCUT2D eigenvalue weighted by Gasteiger charge is 2.25. The van der Waals surface area contributed by atoms with E-state index in [9.17, 15) is 19.5 Å². The van der Waals surface area contributed by atoms with Crippen molar-refractivity contribution in [3.8, 4) is 0 Å². The van der Waals surface area contributed by atoms with Gasteiger partial charge in [-0.25, -0.2) is 0 Å². The molecule has 0 saturated heterocycles. The summed E-state index contributed by atoms with van der Waals surface area (Å²) >= 11 is 0. The van der Waals surface area contributed by atoms with Gasteiger partial charge in [-0.1, -0.05) is 173 Å². The van der Waals surface area contributed by atoms with Gasteiger partial charge in [-0.2, -0.15) is 0 Å². The summed E-state index contributed by atoms with van der Waals surface area (Å²) in [7, 11) is 5.41. The Hall–Kier alpha value is -2.19. The van der Waals surface area contributed by atoms with Gasteiger partial charge in [0.15, 0.2) is 6.10 Å². The molecule has 322 valence electrons. The monoisotopic (exact) mass is 778 g/mol. The first kappa shape index (κ1) is 52.8. The molecule has 0 aliphatic rings. The lowest BCUT2D eigenvalue weighted by molar-refractivity contribution is -0.889. The molecule has 8 nitrogen and oxygen atoms in total. The maximum absolute atomic E-state index is 12.7. The van der Waals surface area contributed by atoms with E-state index < -0.39 is 18.1 Å². The molecule has 0 aliphatic carbocycles. The zero-order valence-electron chi connectivity index (χ0n) is 36.6. The number of hydrogen-bond acceptors (Lipinski definition) is 7. The molecule has 0 amide bonds. The summed E-state index contributed by atoms with van der Waals surface area (Å²) in [5.74, 6) is -1.73. The number of carboxylic acid groups (broad SMARTS) is 1. The number of carboxylic acids is 1. The van der Waals surface area contributed by atoms with Crippen molar-refractivity contribution in [2.75, 3.05) is 41.0 Å². The van der Waals surface area contributed by atoms with Gasteiger partial charge in [0.25, 0.3) is 0 Å². The van der Waals surface area contributed by atoms with Crippen molar-refractivity contribution in [3.05, 3.63) is 24.3 Å². The van der Waals surface area contributed by atoms with Crippen molar-refractivity contribution in [1.82, 2.24) is 0 Å². The number of quaternary nitrogens is 1. The van der Waals surface area contributed by atoms with Gasteiger partial charge in [-0.15, -0.1) is 0 Å². The normalized spacial score (nSPS) is 13.1. The van der Waals surface area contributed by atoms with Gasteiger partial charge in [0, 0.05) is 19.3 Å². The van der Waals surface area contributed by atoms with Gasteiger partial charge < -0.3 is 28.6 Å². The van der Waals surface area contributed by atoms with Crippen molar-refractivity contribution >= 4 is 17.9 Å². The van der Waals surface area contributed by atoms with Gasteiger partial charge in [-0.05, 0) is 38.5 Å². The third-order valence-electron chi connectivity index (χ3n) is 10.4. The fraction of sp³-hybridized carbons (Fsp3) is 0.851. The average Bonchev–Trinajstić information content (AvgIpc) is 3.14. The number of nitrogens with zero attached hydrogens (tertiary/aromatic N) is 1. The molecule has 0 saturated carbocycles. The Morgan fingerprint density at radius 1 is 0.564 bits per heavy atom. The molecule has 8 heteroatoms. The number of rotatable bonds is 41. The van der Waals surface area contributed by atoms with E-state index in [1.807, 2.05) is 0 Å². The molecule has 2 unspecified atom stereocenters. The largest absolute Gasteiger partial charge is 0.544 e. The van der Waals surface area contributed by atoms with Crippen molar-refractivity contribution < 1.29 is 38.2 Å². The van der Waals surface area contributed by atoms with E-state index in [0.29, 0.717) is 12.8 Å². The maximum Gasteiger partial charge on any atom is 0.306 e. The molecule has 0 aromatic rings. The van der Waals surface area contributed by atoms with Crippen LogP contribution in [0.1, 0.15) is 206 Å². The van der Waals surface area contributed by atoms with Crippen LogP contribution < -0.4 is 5.11 Å². The summed E-state index contributed by atoms with van der Waals surface area (Å²) in [5, 5.41) is 11.6. The average molecular weight is 778 g/mol. The van der Waals surface area contributed by atoms with Crippen molar-refractivity contribution in [1.29, 1.82) is 0 Å². The standard InChI is InChI=1S/C47H87NO7/c1-6-8-10-12-14-16-18-19-20-21-22-23-24-25-26-27-28-30-31-33-35-37-45(49)54-42-43(41-53-40-39-44(47(51)52)48(3,4)5)55-46(50)38-36-34-32-29-17-15-13-11-9-7-2/h8,10,14,16,43-44H,6-7,9,11-13,15,17-42H2,1-5H3/b10-8+,16-14+. The molecule has 0 bridgehead atoms. The summed E-state index contributed by atoms with van der Waals surface area (Å²) in [6.45, 7) is 4.56. The molecule has 0 radical (unpaired) electrons. The van der Waals surface area contributed by atoms with Crippen LogP contribution >= 0.6 is 0 Å². The first-order chi connectivity index (χ1) is 26.6. The van der Waals surface area contributed by atoms with Gasteiger partial charge in [0.2, 0.25) is 0 Å². The second-order valence-electron chi connectivity index (χ2n) is 16.6. The number of ether oxygens (including phenoxy) is 3. The molecular weight excluding hydrogens is 691 g/mol. The lowest BCUT2D eigenvalue weighted by atomic mass is 10.0. The van der Waals surface area contributed by atoms with E-state index in [1.165, 1.54) is 122 Å². The molecule has 2 atom stereocenters. The summed E-state index contributed by atoms with van der Waals surface area (Å²) in [4.78, 5) is 36.8. The maximum atomic E-state index is 12.7. The zero-order valence-corrected chi connectivity index (χ0v) is 36.6. The summed E-state index contributed by atoms with van der Waals surface area (Å²) < 4.78 is 17.2. The second kappa shape index (κ2) is 38.7. The number of aliphatic carboxylic acids is 1. The minimum Gasteiger partial charge on any atom is -0.544 e. The highest BCUT2D eigenvalue weighted by Crippen LogP contribution is 2.16. The number of carbonyl (C=O) groups is 3. The molecule has 0 aliphatic heterocycles. The number of unbranched alkanes of at least 4 members (excludes halogenated alkanes) is 23. The fourth-order valence-corrected chi connectivity index (χ4v) is 6.82. The van der Waals surface area contributed by atoms with Crippen LogP contribution in [-0.2, 0) is 28.6 Å². The molecule has 0 fully saturated rings. The molecule has 0 rings (SSSR count). The third kappa shape index (κ3) is 37.2. The van der Waals surface area contributed by atoms with E-state index in [4.69, 9.17) is 14.2 Å². The topological polar surface area (TPSA) is 102 Å². The summed E-state index contributed by atoms with van der Waals surface area (Å²) in [6, 6.07) is -0.721. The van der Waals surface area contributed by atoms with Crippen LogP contribution in [0.4, 0.5) is 0 Å². The van der Waals surface area contributed by atoms with Crippen LogP contribution in [-0.4, -0.2) is 75.5 Å². The van der Waals surface area contributed by atoms with Crippen molar-refractivity contribution in [2.24, 2.45) is 0 Å². The van der Waals surface area contributed by atoms with Crippen LogP contribution in [0.15, 0.2) is 24.3 Å². The Kier molecular flexibility index (Phi) is 37.1. The highest BCUT2D eigenvalue weighted by molar-refractivity contribution is 5.70. The van der Waals surface area contributed by atoms with E-state index in [1.54, 1.807) is 21.1 Å². The number of likely N-dealkylation sites (N-methyl/N-ethyl adjacent to an activating group) is 1. The van der Waals surface area contributed by atoms with Crippen LogP contribution in [0, 0.1) is 0 Å². The first-order valence-electron chi connectivity index (χ1n) is 22.9. The molecule has 0 spiro atoms. The smallest absolute Gasteiger partial charge is 0.306 e. The minimum absolute atomic E-state index is 0.0454. The Balaban J connectivity index is 4.17. The van der Waals surface area contributed by atoms with Crippen molar-refractivity contribution in [3.63, 3.8) is 0 Å². The van der Waals surface area contributed by atoms with E-state index in [0.717, 1.165) is 51.4 Å². The summed E-state index contributed by atoms with van der Waals surface area (Å²) in [5.41, 5.74) is 0. The van der Waals surface area contributed by atoms with E-state index in [-0.39, 0.29) is 42.7 Å². The summed E-state index contributed by atoms with van der Waals surface area (Å²) in [6.07, 6.45) is 42.1. The molecular formula is C47H87NO7. The Bertz CT molecular complexity index is 957. The number of carbonyl (C=O) groups excluding carboxylic acids is 3. The van der Waals surface area contributed by atoms with Crippen LogP contribution in [0.25, 0.3) is 0 Å². The number of esters is 2. The SMILES string of the molecule is CC/C=C/C/C=C/CCCCCCCCCCCCCCCCC(=O)OCC(COCCC(C(=O)[O-])[N+](C)(C)C)OC(=O)CCCCCCCCCCCC. The van der Waals surface area contributed by atoms with Crippen LogP contribution in [0.3, 0.4) is 0 Å². The number of allylic oxidation sites excluding steroid dienone is 4. The fourth-order valence-electron chi connectivity index (χ4n) is 6.82. The molecule has 0 aromatic carbocycles. The molecule has 0 heterocycles. The van der Waals surface area contributed by atoms with Crippen molar-refractivity contribution in [2.45, 2.75) is 219 Å². The molecule has 0 aromatic heterocycles. The second-order valence-corrected chi connectivity index (χ2v) is 16.6. The zero-order chi connectivity index (χ0) is 40.7. The predicted molar refractivity (Wildman–Crippen MR) is 227 cm³/mol. The van der Waals surface area contributed by atoms with E-state index >= 15 is 0 Å². The third-order valence-corrected chi connectivity index (χ3v) is 10.4. The quantitative estimate of drug-likeness (QED) is 0.0264. The molecule has 55 heavy (non-hydrogen) atoms. The lowest BCUT2D eigenvalue weighted by Crippen LogP contribution is -2.55. The minimum atomic E-state index is -1.12. The van der Waals surface area contributed by atoms with Gasteiger partial charge in [0.1, 0.15) is 12.6 Å². The molecule has 0 N–H and O–H groups in total. The first-order valence-corrected chi connectivity index (χ1v) is 22.9. The number of hydrogen-bond donors (Lipinski definition) is 0. The predicted octanol–water partition coefficient (Wildman–Crippen LogP) is 11.1. The lowest BCUT2D eigenvalue weighted by Gasteiger charge is -2.34. The van der Waals surface area contributed by atoms with Gasteiger partial charge in [-0.3, -0.25) is 9.59 Å². The Morgan fingerprint density at radius 2 is 1.02 bits per heavy atom.